The van der Waals surface area contributed by atoms with Crippen molar-refractivity contribution in [1.82, 2.24) is 4.90 Å². The number of ether oxygens (including phenoxy) is 1. The highest BCUT2D eigenvalue weighted by atomic mass is 35.5. The number of methoxy groups -OCH3 is 1. The van der Waals surface area contributed by atoms with Gasteiger partial charge >= 0.3 is 0 Å². The lowest BCUT2D eigenvalue weighted by atomic mass is 10.1. The Labute approximate surface area is 96.8 Å². The normalized spacial score (nSPS) is 10.7. The Hall–Kier alpha value is -0.730. The Morgan fingerprint density at radius 2 is 2.13 bits per heavy atom. The van der Waals surface area contributed by atoms with E-state index in [-0.39, 0.29) is 0 Å². The van der Waals surface area contributed by atoms with Crippen molar-refractivity contribution in [1.29, 1.82) is 0 Å². The monoisotopic (exact) mass is 227 g/mol. The smallest absolute Gasteiger partial charge is 0.121 e. The third-order valence-corrected chi connectivity index (χ3v) is 2.85. The number of hydrogen-bond acceptors (Lipinski definition) is 2. The lowest BCUT2D eigenvalue weighted by molar-refractivity contribution is 0.393. The maximum Gasteiger partial charge on any atom is 0.121 e. The van der Waals surface area contributed by atoms with Crippen LogP contribution in [0.2, 0.25) is 0 Å². The van der Waals surface area contributed by atoms with Crippen LogP contribution in [-0.2, 0) is 6.42 Å². The molecule has 0 amide bonds. The average molecular weight is 228 g/mol. The summed E-state index contributed by atoms with van der Waals surface area (Å²) in [7, 11) is 3.71. The highest BCUT2D eigenvalue weighted by Gasteiger charge is 2.01. The van der Waals surface area contributed by atoms with Crippen molar-refractivity contribution in [2.75, 3.05) is 26.7 Å². The Balaban J connectivity index is 2.59. The fourth-order valence-corrected chi connectivity index (χ4v) is 1.60. The Morgan fingerprint density at radius 1 is 1.40 bits per heavy atom. The van der Waals surface area contributed by atoms with Crippen LogP contribution in [0.3, 0.4) is 0 Å². The molecule has 1 rings (SSSR count). The molecule has 0 saturated carbocycles. The van der Waals surface area contributed by atoms with Crippen LogP contribution in [0, 0.1) is 6.92 Å². The Kier molecular flexibility index (Phi) is 4.92. The van der Waals surface area contributed by atoms with Crippen LogP contribution >= 0.6 is 11.6 Å². The van der Waals surface area contributed by atoms with Gasteiger partial charge in [0.05, 0.1) is 13.1 Å². The number of hydrogen-bond donors (Lipinski definition) is 0. The molecule has 0 spiro atoms. The van der Waals surface area contributed by atoms with Crippen molar-refractivity contribution in [3.05, 3.63) is 29.3 Å². The summed E-state index contributed by atoms with van der Waals surface area (Å²) >= 11 is 5.70. The summed E-state index contributed by atoms with van der Waals surface area (Å²) in [6.45, 7) is 3.04. The molecular weight excluding hydrogens is 210 g/mol. The van der Waals surface area contributed by atoms with Crippen molar-refractivity contribution in [2.24, 2.45) is 0 Å². The molecular formula is C12H18ClNO. The van der Waals surface area contributed by atoms with Crippen molar-refractivity contribution in [3.8, 4) is 5.75 Å². The highest BCUT2D eigenvalue weighted by molar-refractivity contribution is 6.17. The topological polar surface area (TPSA) is 12.5 Å². The first-order valence-electron chi connectivity index (χ1n) is 5.05. The zero-order chi connectivity index (χ0) is 11.3. The summed E-state index contributed by atoms with van der Waals surface area (Å²) in [5.41, 5.74) is 2.51. The fourth-order valence-electron chi connectivity index (χ4n) is 1.48. The van der Waals surface area contributed by atoms with Gasteiger partial charge in [-0.25, -0.2) is 0 Å². The molecule has 0 bridgehead atoms. The van der Waals surface area contributed by atoms with Crippen molar-refractivity contribution >= 4 is 11.6 Å². The minimum atomic E-state index is 0.579. The molecule has 15 heavy (non-hydrogen) atoms. The summed E-state index contributed by atoms with van der Waals surface area (Å²) in [6.07, 6.45) is 1.02. The van der Waals surface area contributed by atoms with Crippen molar-refractivity contribution in [3.63, 3.8) is 0 Å². The minimum absolute atomic E-state index is 0.579. The maximum absolute atomic E-state index is 5.70. The van der Waals surface area contributed by atoms with Gasteiger partial charge in [-0.2, -0.15) is 0 Å². The van der Waals surface area contributed by atoms with E-state index in [1.54, 1.807) is 7.11 Å². The van der Waals surface area contributed by atoms with E-state index in [1.165, 1.54) is 11.1 Å². The van der Waals surface area contributed by atoms with Crippen molar-refractivity contribution < 1.29 is 4.74 Å². The zero-order valence-corrected chi connectivity index (χ0v) is 10.3. The molecule has 0 aliphatic carbocycles. The van der Waals surface area contributed by atoms with Crippen LogP contribution in [0.5, 0.6) is 5.75 Å². The molecule has 2 nitrogen and oxygen atoms in total. The Bertz CT molecular complexity index is 314. The van der Waals surface area contributed by atoms with Crippen LogP contribution in [-0.4, -0.2) is 31.6 Å². The molecule has 0 unspecified atom stereocenters. The molecule has 1 aromatic carbocycles. The van der Waals surface area contributed by atoms with Crippen LogP contribution in [0.4, 0.5) is 0 Å². The second-order valence-electron chi connectivity index (χ2n) is 3.75. The molecule has 0 heterocycles. The van der Waals surface area contributed by atoms with Gasteiger partial charge in [0.2, 0.25) is 0 Å². The molecule has 0 fully saturated rings. The third-order valence-electron chi connectivity index (χ3n) is 2.45. The predicted molar refractivity (Wildman–Crippen MR) is 64.8 cm³/mol. The molecule has 1 aromatic rings. The van der Waals surface area contributed by atoms with Crippen LogP contribution < -0.4 is 4.74 Å². The number of aryl methyl sites for hydroxylation is 1. The first-order valence-corrected chi connectivity index (χ1v) is 5.59. The molecule has 3 heteroatoms. The summed E-state index contributed by atoms with van der Waals surface area (Å²) < 4.78 is 5.22. The van der Waals surface area contributed by atoms with E-state index in [2.05, 4.69) is 24.0 Å². The van der Waals surface area contributed by atoms with Gasteiger partial charge in [-0.15, -0.1) is 11.6 Å². The molecule has 0 aromatic heterocycles. The molecule has 0 radical (unpaired) electrons. The molecule has 0 aliphatic heterocycles. The number of alkyl halides is 1. The molecule has 84 valence electrons. The molecule has 0 aliphatic rings. The largest absolute Gasteiger partial charge is 0.496 e. The van der Waals surface area contributed by atoms with Gasteiger partial charge < -0.3 is 4.74 Å². The second-order valence-corrected chi connectivity index (χ2v) is 3.99. The number of halogens is 1. The van der Waals surface area contributed by atoms with Crippen LogP contribution in [0.15, 0.2) is 18.2 Å². The highest BCUT2D eigenvalue weighted by Crippen LogP contribution is 2.18. The average Bonchev–Trinajstić information content (AvgIpc) is 2.26. The SMILES string of the molecule is COc1ccc(CCN(C)CCl)cc1C. The third kappa shape index (κ3) is 3.73. The maximum atomic E-state index is 5.70. The van der Waals surface area contributed by atoms with Gasteiger partial charge in [0.15, 0.2) is 0 Å². The Morgan fingerprint density at radius 3 is 2.67 bits per heavy atom. The lowest BCUT2D eigenvalue weighted by Crippen LogP contribution is -2.19. The lowest BCUT2D eigenvalue weighted by Gasteiger charge is -2.13. The predicted octanol–water partition coefficient (Wildman–Crippen LogP) is 2.67. The van der Waals surface area contributed by atoms with E-state index in [1.807, 2.05) is 13.1 Å². The zero-order valence-electron chi connectivity index (χ0n) is 9.59. The van der Waals surface area contributed by atoms with E-state index in [0.29, 0.717) is 6.00 Å². The van der Waals surface area contributed by atoms with E-state index in [9.17, 15) is 0 Å². The second kappa shape index (κ2) is 5.99. The summed E-state index contributed by atoms with van der Waals surface area (Å²) in [5, 5.41) is 0. The quantitative estimate of drug-likeness (QED) is 0.567. The summed E-state index contributed by atoms with van der Waals surface area (Å²) in [6, 6.07) is 6.87. The van der Waals surface area contributed by atoms with Gasteiger partial charge in [0, 0.05) is 6.54 Å². The molecule has 0 N–H and O–H groups in total. The van der Waals surface area contributed by atoms with Gasteiger partial charge in [-0.05, 0) is 37.6 Å². The van der Waals surface area contributed by atoms with Gasteiger partial charge in [-0.3, -0.25) is 4.90 Å². The van der Waals surface area contributed by atoms with Gasteiger partial charge in [0.1, 0.15) is 5.75 Å². The number of benzene rings is 1. The standard InChI is InChI=1S/C12H18ClNO/c1-10-8-11(4-5-12(10)15-3)6-7-14(2)9-13/h4-5,8H,6-7,9H2,1-3H3. The molecule has 0 saturated heterocycles. The fraction of sp³-hybridized carbons (Fsp3) is 0.500. The summed E-state index contributed by atoms with van der Waals surface area (Å²) in [5.74, 6) is 0.949. The van der Waals surface area contributed by atoms with Gasteiger partial charge in [0.25, 0.3) is 0 Å². The summed E-state index contributed by atoms with van der Waals surface area (Å²) in [4.78, 5) is 2.08. The minimum Gasteiger partial charge on any atom is -0.496 e. The van der Waals surface area contributed by atoms with E-state index in [4.69, 9.17) is 16.3 Å². The van der Waals surface area contributed by atoms with Crippen LogP contribution in [0.25, 0.3) is 0 Å². The van der Waals surface area contributed by atoms with Crippen LogP contribution in [0.1, 0.15) is 11.1 Å². The number of likely N-dealkylation sites (N-methyl/N-ethyl adjacent to an activating group) is 1. The first kappa shape index (κ1) is 12.3. The van der Waals surface area contributed by atoms with E-state index in [0.717, 1.165) is 18.7 Å². The van der Waals surface area contributed by atoms with Crippen molar-refractivity contribution in [2.45, 2.75) is 13.3 Å². The van der Waals surface area contributed by atoms with E-state index >= 15 is 0 Å². The first-order chi connectivity index (χ1) is 7.17. The molecule has 0 atom stereocenters. The van der Waals surface area contributed by atoms with E-state index < -0.39 is 0 Å². The number of nitrogens with zero attached hydrogens (tertiary/aromatic N) is 1. The number of rotatable bonds is 5. The van der Waals surface area contributed by atoms with Gasteiger partial charge in [-0.1, -0.05) is 12.1 Å².